The third-order valence-electron chi connectivity index (χ3n) is 13.7. The Morgan fingerprint density at radius 3 is 2.11 bits per heavy atom. The first-order chi connectivity index (χ1) is 20.5. The van der Waals surface area contributed by atoms with Gasteiger partial charge in [0.2, 0.25) is 0 Å². The van der Waals surface area contributed by atoms with Gasteiger partial charge in [-0.3, -0.25) is 0 Å². The molecule has 0 amide bonds. The lowest BCUT2D eigenvalue weighted by molar-refractivity contribution is -0.280. The molecule has 0 aromatic heterocycles. The first-order valence-electron chi connectivity index (χ1n) is 16.9. The van der Waals surface area contributed by atoms with E-state index in [4.69, 9.17) is 9.47 Å². The number of aliphatic hydroxyl groups is 9. The molecule has 1 aliphatic heterocycles. The average molecular weight is 631 g/mol. The predicted octanol–water partition coefficient (Wildman–Crippen LogP) is 0.293. The van der Waals surface area contributed by atoms with E-state index in [0.717, 1.165) is 6.42 Å². The lowest BCUT2D eigenvalue weighted by Gasteiger charge is -2.66. The Bertz CT molecular complexity index is 1010. The zero-order valence-electron chi connectivity index (χ0n) is 27.0. The molecule has 4 aliphatic carbocycles. The van der Waals surface area contributed by atoms with Crippen LogP contribution in [0.3, 0.4) is 0 Å². The Morgan fingerprint density at radius 2 is 1.52 bits per heavy atom. The number of rotatable bonds is 9. The van der Waals surface area contributed by atoms with Crippen LogP contribution in [-0.4, -0.2) is 119 Å². The molecular weight excluding hydrogens is 572 g/mol. The number of ether oxygens (including phenoxy) is 2. The summed E-state index contributed by atoms with van der Waals surface area (Å²) in [5.41, 5.74) is -3.38. The highest BCUT2D eigenvalue weighted by Crippen LogP contribution is 2.70. The van der Waals surface area contributed by atoms with Crippen molar-refractivity contribution in [1.82, 2.24) is 0 Å². The molecule has 0 bridgehead atoms. The number of fused-ring (bicyclic) bond motifs is 5. The van der Waals surface area contributed by atoms with Crippen molar-refractivity contribution in [3.63, 3.8) is 0 Å². The second-order valence-electron chi connectivity index (χ2n) is 16.1. The Balaban J connectivity index is 1.34. The van der Waals surface area contributed by atoms with Crippen LogP contribution in [0.1, 0.15) is 86.0 Å². The standard InChI is InChI=1S/C33H58O11/c1-16(2)32(15-35,44-29-27(41)26(40)22(14-34)43-29)11-6-17(3)18-12-20(37)28-30(18,4)10-8-23-31(5)9-7-19(36)25(39)24(31)21(38)13-33(23,28)42/h16-29,34-42H,6-15H2,1-5H3/t17?,18-,19+,20-,21?,22?,23?,24?,25+,26?,27?,28?,29?,30-,31-,32+,33+/m1/s1. The summed E-state index contributed by atoms with van der Waals surface area (Å²) in [5, 5.41) is 97.7. The zero-order valence-corrected chi connectivity index (χ0v) is 27.0. The van der Waals surface area contributed by atoms with E-state index >= 15 is 0 Å². The van der Waals surface area contributed by atoms with Gasteiger partial charge in [-0.2, -0.15) is 0 Å². The molecule has 5 aliphatic rings. The SMILES string of the molecule is CC(CC[C@@](CO)(OC1OC(CO)C(O)C1O)C(C)C)[C@H]1C[C@@H](O)C2[C@]3(O)CC(O)C4[C@@H](O)[C@@H](O)CC[C@]4(C)C3CC[C@@]21C. The van der Waals surface area contributed by atoms with Gasteiger partial charge in [0.05, 0.1) is 48.8 Å². The van der Waals surface area contributed by atoms with Gasteiger partial charge in [0.25, 0.3) is 0 Å². The van der Waals surface area contributed by atoms with Crippen molar-refractivity contribution >= 4 is 0 Å². The Hall–Kier alpha value is -0.440. The molecule has 4 saturated carbocycles. The lowest BCUT2D eigenvalue weighted by atomic mass is 9.41. The fraction of sp³-hybridized carbons (Fsp3) is 1.00. The number of aliphatic hydroxyl groups excluding tert-OH is 8. The minimum absolute atomic E-state index is 0.0476. The normalized spacial score (nSPS) is 52.7. The van der Waals surface area contributed by atoms with Crippen molar-refractivity contribution in [1.29, 1.82) is 0 Å². The van der Waals surface area contributed by atoms with E-state index in [2.05, 4.69) is 13.8 Å². The summed E-state index contributed by atoms with van der Waals surface area (Å²) in [5.74, 6) is -1.27. The fourth-order valence-corrected chi connectivity index (χ4v) is 11.2. The summed E-state index contributed by atoms with van der Waals surface area (Å²) in [4.78, 5) is 0. The predicted molar refractivity (Wildman–Crippen MR) is 159 cm³/mol. The topological polar surface area (TPSA) is 201 Å². The first-order valence-corrected chi connectivity index (χ1v) is 16.9. The van der Waals surface area contributed by atoms with Gasteiger partial charge in [-0.15, -0.1) is 0 Å². The largest absolute Gasteiger partial charge is 0.394 e. The molecule has 0 radical (unpaired) electrons. The Kier molecular flexibility index (Phi) is 9.69. The van der Waals surface area contributed by atoms with E-state index in [1.54, 1.807) is 0 Å². The van der Waals surface area contributed by atoms with Crippen LogP contribution >= 0.6 is 0 Å². The van der Waals surface area contributed by atoms with Gasteiger partial charge in [0, 0.05) is 18.3 Å². The monoisotopic (exact) mass is 630 g/mol. The minimum Gasteiger partial charge on any atom is -0.394 e. The average Bonchev–Trinajstić information content (AvgIpc) is 3.39. The van der Waals surface area contributed by atoms with Crippen molar-refractivity contribution in [2.45, 2.75) is 146 Å². The Morgan fingerprint density at radius 1 is 0.864 bits per heavy atom. The van der Waals surface area contributed by atoms with Crippen LogP contribution in [-0.2, 0) is 9.47 Å². The molecule has 0 spiro atoms. The third-order valence-corrected chi connectivity index (χ3v) is 13.7. The number of hydrogen-bond donors (Lipinski definition) is 9. The zero-order chi connectivity index (χ0) is 32.6. The molecule has 9 unspecified atom stereocenters. The van der Waals surface area contributed by atoms with Crippen LogP contribution in [0, 0.1) is 46.3 Å². The maximum atomic E-state index is 12.5. The molecule has 256 valence electrons. The summed E-state index contributed by atoms with van der Waals surface area (Å²) in [6.07, 6.45) is -4.48. The van der Waals surface area contributed by atoms with Crippen molar-refractivity contribution in [2.24, 2.45) is 46.3 Å². The highest BCUT2D eigenvalue weighted by Gasteiger charge is 2.71. The summed E-state index contributed by atoms with van der Waals surface area (Å²) in [7, 11) is 0. The van der Waals surface area contributed by atoms with Crippen LogP contribution in [0.15, 0.2) is 0 Å². The van der Waals surface area contributed by atoms with Gasteiger partial charge in [0.15, 0.2) is 6.29 Å². The van der Waals surface area contributed by atoms with E-state index in [1.165, 1.54) is 0 Å². The van der Waals surface area contributed by atoms with Gasteiger partial charge in [-0.05, 0) is 79.4 Å². The van der Waals surface area contributed by atoms with E-state index in [0.29, 0.717) is 38.5 Å². The van der Waals surface area contributed by atoms with Gasteiger partial charge in [0.1, 0.15) is 18.3 Å². The van der Waals surface area contributed by atoms with Crippen LogP contribution < -0.4 is 0 Å². The van der Waals surface area contributed by atoms with Crippen LogP contribution in [0.2, 0.25) is 0 Å². The van der Waals surface area contributed by atoms with E-state index in [1.807, 2.05) is 20.8 Å². The quantitative estimate of drug-likeness (QED) is 0.170. The molecule has 11 nitrogen and oxygen atoms in total. The van der Waals surface area contributed by atoms with Gasteiger partial charge in [-0.25, -0.2) is 0 Å². The van der Waals surface area contributed by atoms with Crippen LogP contribution in [0.4, 0.5) is 0 Å². The smallest absolute Gasteiger partial charge is 0.187 e. The highest BCUT2D eigenvalue weighted by atomic mass is 16.7. The van der Waals surface area contributed by atoms with Crippen molar-refractivity contribution in [2.75, 3.05) is 13.2 Å². The minimum atomic E-state index is -1.37. The van der Waals surface area contributed by atoms with E-state index in [9.17, 15) is 46.0 Å². The maximum absolute atomic E-state index is 12.5. The molecule has 1 saturated heterocycles. The third kappa shape index (κ3) is 5.21. The molecule has 44 heavy (non-hydrogen) atoms. The molecule has 1 heterocycles. The molecule has 9 N–H and O–H groups in total. The maximum Gasteiger partial charge on any atom is 0.187 e. The van der Waals surface area contributed by atoms with E-state index in [-0.39, 0.29) is 36.7 Å². The van der Waals surface area contributed by atoms with Crippen LogP contribution in [0.25, 0.3) is 0 Å². The molecule has 17 atom stereocenters. The Labute approximate surface area is 261 Å². The molecule has 0 aromatic carbocycles. The van der Waals surface area contributed by atoms with Gasteiger partial charge < -0.3 is 55.4 Å². The molecule has 0 aromatic rings. The van der Waals surface area contributed by atoms with Crippen molar-refractivity contribution in [3.05, 3.63) is 0 Å². The van der Waals surface area contributed by atoms with E-state index < -0.39 is 89.5 Å². The second-order valence-corrected chi connectivity index (χ2v) is 16.1. The molecule has 5 fully saturated rings. The summed E-state index contributed by atoms with van der Waals surface area (Å²) in [6, 6.07) is 0. The summed E-state index contributed by atoms with van der Waals surface area (Å²) in [6.45, 7) is 9.33. The van der Waals surface area contributed by atoms with Crippen LogP contribution in [0.5, 0.6) is 0 Å². The lowest BCUT2D eigenvalue weighted by Crippen LogP contribution is -2.70. The molecule has 5 rings (SSSR count). The fourth-order valence-electron chi connectivity index (χ4n) is 11.2. The first kappa shape index (κ1) is 34.9. The molecular formula is C33H58O11. The van der Waals surface area contributed by atoms with Crippen molar-refractivity contribution < 1.29 is 55.4 Å². The summed E-state index contributed by atoms with van der Waals surface area (Å²) >= 11 is 0. The molecule has 11 heteroatoms. The van der Waals surface area contributed by atoms with Gasteiger partial charge >= 0.3 is 0 Å². The second kappa shape index (κ2) is 12.2. The number of hydrogen-bond acceptors (Lipinski definition) is 11. The van der Waals surface area contributed by atoms with Crippen molar-refractivity contribution in [3.8, 4) is 0 Å². The highest BCUT2D eigenvalue weighted by molar-refractivity contribution is 5.21. The van der Waals surface area contributed by atoms with Gasteiger partial charge in [-0.1, -0.05) is 34.6 Å². The summed E-state index contributed by atoms with van der Waals surface area (Å²) < 4.78 is 11.8.